The van der Waals surface area contributed by atoms with Gasteiger partial charge in [-0.3, -0.25) is 4.90 Å². The van der Waals surface area contributed by atoms with E-state index < -0.39 is 5.60 Å². The number of nitrogens with two attached hydrogens (primary N) is 1. The van der Waals surface area contributed by atoms with Gasteiger partial charge in [-0.15, -0.1) is 0 Å². The van der Waals surface area contributed by atoms with Crippen molar-refractivity contribution in [2.45, 2.75) is 59.1 Å². The summed E-state index contributed by atoms with van der Waals surface area (Å²) in [5.74, 6) is 0. The smallest absolute Gasteiger partial charge is 0.407 e. The van der Waals surface area contributed by atoms with Gasteiger partial charge in [-0.1, -0.05) is 6.07 Å². The minimum absolute atomic E-state index is 0.333. The maximum absolute atomic E-state index is 11.6. The van der Waals surface area contributed by atoms with Crippen LogP contribution in [0.25, 0.3) is 0 Å². The number of hydrogen-bond donors (Lipinski definition) is 2. The number of anilines is 1. The zero-order valence-electron chi connectivity index (χ0n) is 15.4. The molecule has 3 N–H and O–H groups in total. The predicted octanol–water partition coefficient (Wildman–Crippen LogP) is 3.24. The van der Waals surface area contributed by atoms with Gasteiger partial charge in [0.2, 0.25) is 0 Å². The van der Waals surface area contributed by atoms with Crippen LogP contribution in [0.4, 0.5) is 10.5 Å². The number of fused-ring (bicyclic) bond motifs is 1. The topological polar surface area (TPSA) is 67.6 Å². The fourth-order valence-electron chi connectivity index (χ4n) is 3.11. The van der Waals surface area contributed by atoms with Crippen molar-refractivity contribution >= 4 is 11.8 Å². The number of nitrogen functional groups attached to an aromatic ring is 1. The summed E-state index contributed by atoms with van der Waals surface area (Å²) in [7, 11) is 0. The second-order valence-electron chi connectivity index (χ2n) is 7.65. The van der Waals surface area contributed by atoms with Crippen LogP contribution in [0.5, 0.6) is 0 Å². The fourth-order valence-corrected chi connectivity index (χ4v) is 3.11. The summed E-state index contributed by atoms with van der Waals surface area (Å²) in [5, 5.41) is 2.81. The number of alkyl carbamates (subject to hydrolysis) is 1. The first-order valence-corrected chi connectivity index (χ1v) is 8.82. The highest BCUT2D eigenvalue weighted by Gasteiger charge is 2.18. The third-order valence-electron chi connectivity index (χ3n) is 4.16. The molecule has 1 heterocycles. The summed E-state index contributed by atoms with van der Waals surface area (Å²) in [4.78, 5) is 14.0. The summed E-state index contributed by atoms with van der Waals surface area (Å²) in [6.45, 7) is 11.4. The third kappa shape index (κ3) is 5.71. The Balaban J connectivity index is 1.68. The molecule has 0 aromatic heterocycles. The van der Waals surface area contributed by atoms with E-state index in [4.69, 9.17) is 10.5 Å². The van der Waals surface area contributed by atoms with E-state index in [-0.39, 0.29) is 6.09 Å². The van der Waals surface area contributed by atoms with E-state index in [0.717, 1.165) is 44.6 Å². The zero-order chi connectivity index (χ0) is 17.7. The number of carbonyl (C=O) groups is 1. The average Bonchev–Trinajstić information content (AvgIpc) is 2.44. The van der Waals surface area contributed by atoms with Gasteiger partial charge < -0.3 is 15.8 Å². The van der Waals surface area contributed by atoms with Crippen molar-refractivity contribution in [2.24, 2.45) is 0 Å². The quantitative estimate of drug-likeness (QED) is 0.641. The van der Waals surface area contributed by atoms with Crippen LogP contribution in [0.3, 0.4) is 0 Å². The molecule has 0 radical (unpaired) electrons. The fraction of sp³-hybridized carbons (Fsp3) is 0.632. The molecule has 0 fully saturated rings. The standard InChI is InChI=1S/C19H31N3O2/c1-14-11-15-13-22(10-7-16(15)17(20)12-14)9-6-5-8-21-18(23)24-19(2,3)4/h11-12H,5-10,13,20H2,1-4H3,(H,21,23). The highest BCUT2D eigenvalue weighted by Crippen LogP contribution is 2.26. The first-order chi connectivity index (χ1) is 11.2. The number of carbonyl (C=O) groups excluding carboxylic acids is 1. The number of unbranched alkanes of at least 4 members (excludes halogenated alkanes) is 1. The van der Waals surface area contributed by atoms with E-state index in [1.54, 1.807) is 0 Å². The molecule has 5 nitrogen and oxygen atoms in total. The van der Waals surface area contributed by atoms with Crippen molar-refractivity contribution in [3.8, 4) is 0 Å². The summed E-state index contributed by atoms with van der Waals surface area (Å²) in [6, 6.07) is 4.32. The van der Waals surface area contributed by atoms with Crippen LogP contribution in [0, 0.1) is 6.92 Å². The highest BCUT2D eigenvalue weighted by atomic mass is 16.6. The molecule has 0 unspecified atom stereocenters. The summed E-state index contributed by atoms with van der Waals surface area (Å²) in [5.41, 5.74) is 10.5. The van der Waals surface area contributed by atoms with Crippen molar-refractivity contribution < 1.29 is 9.53 Å². The van der Waals surface area contributed by atoms with Crippen LogP contribution in [0.15, 0.2) is 12.1 Å². The molecular weight excluding hydrogens is 302 g/mol. The highest BCUT2D eigenvalue weighted by molar-refractivity contribution is 5.67. The molecule has 2 rings (SSSR count). The largest absolute Gasteiger partial charge is 0.444 e. The second kappa shape index (κ2) is 7.88. The molecule has 0 saturated carbocycles. The SMILES string of the molecule is Cc1cc(N)c2c(c1)CN(CCCCNC(=O)OC(C)(C)C)CC2. The number of aryl methyl sites for hydroxylation is 1. The summed E-state index contributed by atoms with van der Waals surface area (Å²) >= 11 is 0. The first-order valence-electron chi connectivity index (χ1n) is 8.82. The van der Waals surface area contributed by atoms with Gasteiger partial charge in [-0.05, 0) is 76.3 Å². The summed E-state index contributed by atoms with van der Waals surface area (Å²) in [6.07, 6.45) is 2.71. The van der Waals surface area contributed by atoms with Crippen molar-refractivity contribution in [3.63, 3.8) is 0 Å². The lowest BCUT2D eigenvalue weighted by Gasteiger charge is -2.30. The summed E-state index contributed by atoms with van der Waals surface area (Å²) < 4.78 is 5.22. The van der Waals surface area contributed by atoms with Gasteiger partial charge in [0, 0.05) is 25.3 Å². The van der Waals surface area contributed by atoms with Gasteiger partial charge in [-0.2, -0.15) is 0 Å². The number of ether oxygens (including phenoxy) is 1. The molecule has 24 heavy (non-hydrogen) atoms. The monoisotopic (exact) mass is 333 g/mol. The predicted molar refractivity (Wildman–Crippen MR) is 98.0 cm³/mol. The van der Waals surface area contributed by atoms with Crippen LogP contribution >= 0.6 is 0 Å². The van der Waals surface area contributed by atoms with Gasteiger partial charge in [-0.25, -0.2) is 4.79 Å². The molecule has 1 aliphatic rings. The van der Waals surface area contributed by atoms with Crippen molar-refractivity contribution in [1.82, 2.24) is 10.2 Å². The van der Waals surface area contributed by atoms with Crippen molar-refractivity contribution in [3.05, 3.63) is 28.8 Å². The molecule has 1 aliphatic heterocycles. The minimum Gasteiger partial charge on any atom is -0.444 e. The molecule has 1 aromatic rings. The van der Waals surface area contributed by atoms with Gasteiger partial charge in [0.05, 0.1) is 0 Å². The Hall–Kier alpha value is -1.75. The van der Waals surface area contributed by atoms with E-state index in [1.807, 2.05) is 20.8 Å². The Morgan fingerprint density at radius 1 is 1.33 bits per heavy atom. The van der Waals surface area contributed by atoms with Crippen LogP contribution in [-0.4, -0.2) is 36.2 Å². The number of nitrogens with zero attached hydrogens (tertiary/aromatic N) is 1. The third-order valence-corrected chi connectivity index (χ3v) is 4.16. The van der Waals surface area contributed by atoms with E-state index in [1.165, 1.54) is 16.7 Å². The molecule has 1 aromatic carbocycles. The Morgan fingerprint density at radius 2 is 2.08 bits per heavy atom. The Bertz CT molecular complexity index is 579. The Labute approximate surface area is 145 Å². The lowest BCUT2D eigenvalue weighted by Crippen LogP contribution is -2.34. The molecule has 0 aliphatic carbocycles. The normalized spacial score (nSPS) is 15.0. The van der Waals surface area contributed by atoms with Gasteiger partial charge in [0.25, 0.3) is 0 Å². The number of rotatable bonds is 5. The number of nitrogens with one attached hydrogen (secondary N) is 1. The van der Waals surface area contributed by atoms with E-state index in [2.05, 4.69) is 29.3 Å². The Morgan fingerprint density at radius 3 is 2.79 bits per heavy atom. The maximum Gasteiger partial charge on any atom is 0.407 e. The van der Waals surface area contributed by atoms with Crippen molar-refractivity contribution in [2.75, 3.05) is 25.4 Å². The van der Waals surface area contributed by atoms with E-state index >= 15 is 0 Å². The molecule has 0 atom stereocenters. The van der Waals surface area contributed by atoms with Crippen LogP contribution in [0.2, 0.25) is 0 Å². The van der Waals surface area contributed by atoms with E-state index in [0.29, 0.717) is 6.54 Å². The molecular formula is C19H31N3O2. The second-order valence-corrected chi connectivity index (χ2v) is 7.65. The van der Waals surface area contributed by atoms with Crippen molar-refractivity contribution in [1.29, 1.82) is 0 Å². The average molecular weight is 333 g/mol. The molecule has 5 heteroatoms. The van der Waals surface area contributed by atoms with Crippen LogP contribution in [-0.2, 0) is 17.7 Å². The van der Waals surface area contributed by atoms with E-state index in [9.17, 15) is 4.79 Å². The lowest BCUT2D eigenvalue weighted by molar-refractivity contribution is 0.0526. The molecule has 0 saturated heterocycles. The van der Waals surface area contributed by atoms with Gasteiger partial charge in [0.15, 0.2) is 0 Å². The maximum atomic E-state index is 11.6. The van der Waals surface area contributed by atoms with Gasteiger partial charge in [0.1, 0.15) is 5.60 Å². The van der Waals surface area contributed by atoms with Crippen LogP contribution in [0.1, 0.15) is 50.3 Å². The van der Waals surface area contributed by atoms with Crippen LogP contribution < -0.4 is 11.1 Å². The molecule has 1 amide bonds. The minimum atomic E-state index is -0.439. The molecule has 0 bridgehead atoms. The van der Waals surface area contributed by atoms with Gasteiger partial charge >= 0.3 is 6.09 Å². The molecule has 0 spiro atoms. The number of hydrogen-bond acceptors (Lipinski definition) is 4. The number of benzene rings is 1. The number of amides is 1. The zero-order valence-corrected chi connectivity index (χ0v) is 15.4. The molecule has 134 valence electrons. The lowest BCUT2D eigenvalue weighted by atomic mass is 9.95. The first kappa shape index (κ1) is 18.6. The Kier molecular flexibility index (Phi) is 6.10.